The molecule has 0 amide bonds. The van der Waals surface area contributed by atoms with Crippen LogP contribution in [0.5, 0.6) is 0 Å². The van der Waals surface area contributed by atoms with Crippen LogP contribution in [0.2, 0.25) is 0 Å². The molecule has 2 aliphatic carbocycles. The smallest absolute Gasteiger partial charge is 0.137 e. The van der Waals surface area contributed by atoms with Crippen molar-refractivity contribution in [3.8, 4) is 45.0 Å². The third-order valence-corrected chi connectivity index (χ3v) is 13.7. The summed E-state index contributed by atoms with van der Waals surface area (Å²) in [6, 6.07) is 41.6. The van der Waals surface area contributed by atoms with Gasteiger partial charge in [0.05, 0.1) is 22.1 Å². The van der Waals surface area contributed by atoms with E-state index in [1.165, 1.54) is 133 Å². The fourth-order valence-electron chi connectivity index (χ4n) is 10.8. The van der Waals surface area contributed by atoms with Crippen LogP contribution in [0.25, 0.3) is 88.6 Å². The topological polar surface area (TPSA) is 35.6 Å². The Labute approximate surface area is 350 Å². The molecule has 0 saturated carbocycles. The first kappa shape index (κ1) is 35.2. The molecule has 6 aromatic carbocycles. The predicted octanol–water partition coefficient (Wildman–Crippen LogP) is 13.7. The summed E-state index contributed by atoms with van der Waals surface area (Å²) in [5.74, 6) is 1.96. The van der Waals surface area contributed by atoms with Crippen LogP contribution in [-0.2, 0) is 25.7 Å². The fraction of sp³-hybridized carbons (Fsp3) is 0.179. The van der Waals surface area contributed by atoms with Crippen LogP contribution in [0.1, 0.15) is 55.6 Å². The van der Waals surface area contributed by atoms with Crippen LogP contribution in [0.15, 0.2) is 122 Å². The highest BCUT2D eigenvalue weighted by molar-refractivity contribution is 6.17. The minimum atomic E-state index is 0.980. The van der Waals surface area contributed by atoms with Gasteiger partial charge in [0, 0.05) is 33.9 Å². The number of nitrogens with zero attached hydrogens (tertiary/aromatic N) is 4. The van der Waals surface area contributed by atoms with Gasteiger partial charge in [-0.15, -0.1) is 0 Å². The van der Waals surface area contributed by atoms with Crippen LogP contribution in [0, 0.1) is 41.5 Å². The maximum Gasteiger partial charge on any atom is 0.137 e. The molecule has 12 rings (SSSR count). The molecule has 4 heterocycles. The van der Waals surface area contributed by atoms with Gasteiger partial charge in [0.1, 0.15) is 11.6 Å². The van der Waals surface area contributed by atoms with Gasteiger partial charge in [-0.3, -0.25) is 9.13 Å². The SMILES string of the molecule is Cc1ccnc(-n2c3ccc(-c4cc(C)ccc4C)cc3c3cc4c5c(c32)CCc2cc3c6cc(-c7cc(C)ccc7C)ccc6n(-c6cc(C)ccn6)c3c(c2-5)CC4)c1. The highest BCUT2D eigenvalue weighted by Gasteiger charge is 2.33. The molecule has 0 atom stereocenters. The second-order valence-corrected chi connectivity index (χ2v) is 17.7. The lowest BCUT2D eigenvalue weighted by atomic mass is 9.74. The normalized spacial score (nSPS) is 13.2. The lowest BCUT2D eigenvalue weighted by molar-refractivity contribution is 0.881. The molecule has 2 aliphatic rings. The van der Waals surface area contributed by atoms with E-state index in [1.54, 1.807) is 0 Å². The number of aromatic nitrogens is 4. The third kappa shape index (κ3) is 5.10. The third-order valence-electron chi connectivity index (χ3n) is 13.7. The molecule has 0 aliphatic heterocycles. The molecule has 290 valence electrons. The van der Waals surface area contributed by atoms with Crippen molar-refractivity contribution in [1.29, 1.82) is 0 Å². The number of benzene rings is 6. The molecular formula is C56H46N4. The summed E-state index contributed by atoms with van der Waals surface area (Å²) in [7, 11) is 0. The van der Waals surface area contributed by atoms with E-state index in [2.05, 4.69) is 160 Å². The Morgan fingerprint density at radius 1 is 0.400 bits per heavy atom. The van der Waals surface area contributed by atoms with Crippen molar-refractivity contribution in [3.63, 3.8) is 0 Å². The minimum absolute atomic E-state index is 0.980. The number of hydrogen-bond donors (Lipinski definition) is 0. The molecule has 0 N–H and O–H groups in total. The molecule has 4 nitrogen and oxygen atoms in total. The number of hydrogen-bond acceptors (Lipinski definition) is 2. The van der Waals surface area contributed by atoms with Crippen LogP contribution < -0.4 is 0 Å². The Bertz CT molecular complexity index is 3270. The second-order valence-electron chi connectivity index (χ2n) is 17.7. The van der Waals surface area contributed by atoms with Crippen LogP contribution in [0.3, 0.4) is 0 Å². The molecule has 60 heavy (non-hydrogen) atoms. The molecule has 0 bridgehead atoms. The Morgan fingerprint density at radius 3 is 1.27 bits per heavy atom. The molecule has 4 aromatic heterocycles. The van der Waals surface area contributed by atoms with Gasteiger partial charge in [0.25, 0.3) is 0 Å². The monoisotopic (exact) mass is 774 g/mol. The maximum absolute atomic E-state index is 5.05. The Kier molecular flexibility index (Phi) is 7.54. The summed E-state index contributed by atoms with van der Waals surface area (Å²) in [5, 5.41) is 5.25. The number of rotatable bonds is 4. The molecular weight excluding hydrogens is 729 g/mol. The van der Waals surface area contributed by atoms with E-state index in [0.29, 0.717) is 0 Å². The van der Waals surface area contributed by atoms with Crippen molar-refractivity contribution >= 4 is 43.6 Å². The summed E-state index contributed by atoms with van der Waals surface area (Å²) >= 11 is 0. The Morgan fingerprint density at radius 2 is 0.833 bits per heavy atom. The average molecular weight is 775 g/mol. The maximum atomic E-state index is 5.05. The van der Waals surface area contributed by atoms with E-state index in [4.69, 9.17) is 9.97 Å². The molecule has 0 fully saturated rings. The van der Waals surface area contributed by atoms with E-state index in [9.17, 15) is 0 Å². The van der Waals surface area contributed by atoms with Gasteiger partial charge in [-0.1, -0.05) is 59.7 Å². The Hall–Kier alpha value is -6.78. The van der Waals surface area contributed by atoms with Gasteiger partial charge in [-0.25, -0.2) is 9.97 Å². The van der Waals surface area contributed by atoms with Gasteiger partial charge in [0.2, 0.25) is 0 Å². The van der Waals surface area contributed by atoms with Gasteiger partial charge >= 0.3 is 0 Å². The van der Waals surface area contributed by atoms with Crippen molar-refractivity contribution in [2.75, 3.05) is 0 Å². The molecule has 10 aromatic rings. The Balaban J connectivity index is 1.17. The van der Waals surface area contributed by atoms with Crippen molar-refractivity contribution < 1.29 is 0 Å². The van der Waals surface area contributed by atoms with E-state index in [0.717, 1.165) is 37.3 Å². The summed E-state index contributed by atoms with van der Waals surface area (Å²) in [5.41, 5.74) is 26.5. The van der Waals surface area contributed by atoms with E-state index >= 15 is 0 Å². The highest BCUT2D eigenvalue weighted by atomic mass is 15.1. The molecule has 0 unspecified atom stereocenters. The van der Waals surface area contributed by atoms with Gasteiger partial charge in [-0.05, 0) is 206 Å². The number of pyridine rings is 2. The first-order valence-electron chi connectivity index (χ1n) is 21.5. The molecule has 0 spiro atoms. The quantitative estimate of drug-likeness (QED) is 0.178. The van der Waals surface area contributed by atoms with E-state index in [-0.39, 0.29) is 0 Å². The van der Waals surface area contributed by atoms with Crippen molar-refractivity contribution in [3.05, 3.63) is 177 Å². The zero-order valence-corrected chi connectivity index (χ0v) is 35.2. The zero-order chi connectivity index (χ0) is 40.6. The first-order valence-corrected chi connectivity index (χ1v) is 21.5. The first-order chi connectivity index (χ1) is 29.2. The molecule has 0 radical (unpaired) electrons. The van der Waals surface area contributed by atoms with Crippen molar-refractivity contribution in [1.82, 2.24) is 19.1 Å². The average Bonchev–Trinajstić information content (AvgIpc) is 3.76. The van der Waals surface area contributed by atoms with Crippen LogP contribution in [-0.4, -0.2) is 19.1 Å². The summed E-state index contributed by atoms with van der Waals surface area (Å²) in [4.78, 5) is 10.1. The molecule has 0 saturated heterocycles. The fourth-order valence-corrected chi connectivity index (χ4v) is 10.8. The van der Waals surface area contributed by atoms with Gasteiger partial charge in [-0.2, -0.15) is 0 Å². The molecule has 4 heteroatoms. The van der Waals surface area contributed by atoms with Crippen LogP contribution in [0.4, 0.5) is 0 Å². The second kappa shape index (κ2) is 12.9. The number of fused-ring (bicyclic) bond motifs is 8. The van der Waals surface area contributed by atoms with Gasteiger partial charge < -0.3 is 0 Å². The highest BCUT2D eigenvalue weighted by Crippen LogP contribution is 2.51. The standard InChI is InChI=1S/C56H46N4/c1-31-7-9-35(5)43(23-31)37-13-17-49-45(27-37)47-29-39-11-16-42-54-40(12-15-41(53(39)54)55(47)59(49)51-25-33(3)19-21-57-51)30-48-46-28-38(44-24-32(2)8-10-36(44)6)14-18-50(46)60(56(42)48)52-26-34(4)20-22-58-52/h7-10,13-14,17-30H,11-12,15-16H2,1-6H3. The summed E-state index contributed by atoms with van der Waals surface area (Å²) in [6.07, 6.45) is 7.87. The largest absolute Gasteiger partial charge is 0.293 e. The predicted molar refractivity (Wildman–Crippen MR) is 250 cm³/mol. The number of aryl methyl sites for hydroxylation is 10. The summed E-state index contributed by atoms with van der Waals surface area (Å²) < 4.78 is 4.95. The zero-order valence-electron chi connectivity index (χ0n) is 35.2. The minimum Gasteiger partial charge on any atom is -0.293 e. The van der Waals surface area contributed by atoms with E-state index < -0.39 is 0 Å². The summed E-state index contributed by atoms with van der Waals surface area (Å²) in [6.45, 7) is 13.2. The van der Waals surface area contributed by atoms with Crippen molar-refractivity contribution in [2.24, 2.45) is 0 Å². The van der Waals surface area contributed by atoms with Crippen molar-refractivity contribution in [2.45, 2.75) is 67.2 Å². The lowest BCUT2D eigenvalue weighted by Gasteiger charge is -2.31. The van der Waals surface area contributed by atoms with Gasteiger partial charge in [0.15, 0.2) is 0 Å². The van der Waals surface area contributed by atoms with Crippen LogP contribution >= 0.6 is 0 Å². The lowest BCUT2D eigenvalue weighted by Crippen LogP contribution is -2.16. The van der Waals surface area contributed by atoms with E-state index in [1.807, 2.05) is 12.4 Å².